The summed E-state index contributed by atoms with van der Waals surface area (Å²) < 4.78 is 5.70. The number of furan rings is 1. The average molecular weight is 430 g/mol. The summed E-state index contributed by atoms with van der Waals surface area (Å²) in [6, 6.07) is 5.34. The number of hydrogen-bond acceptors (Lipinski definition) is 5. The highest BCUT2D eigenvalue weighted by atomic mass is 35.5. The van der Waals surface area contributed by atoms with Gasteiger partial charge in [0.25, 0.3) is 5.91 Å². The van der Waals surface area contributed by atoms with Gasteiger partial charge in [0.05, 0.1) is 16.9 Å². The van der Waals surface area contributed by atoms with E-state index in [0.29, 0.717) is 45.6 Å². The maximum absolute atomic E-state index is 12.5. The number of aryl methyl sites for hydroxylation is 2. The molecular formula is C21H21ClN3O3P. The first-order chi connectivity index (χ1) is 13.8. The summed E-state index contributed by atoms with van der Waals surface area (Å²) in [7, 11) is 2.46. The number of amides is 1. The molecule has 1 aliphatic rings. The molecule has 0 saturated heterocycles. The van der Waals surface area contributed by atoms with Crippen molar-refractivity contribution in [1.82, 2.24) is 5.32 Å². The molecule has 1 unspecified atom stereocenters. The van der Waals surface area contributed by atoms with Crippen molar-refractivity contribution in [3.05, 3.63) is 67.0 Å². The Labute approximate surface area is 175 Å². The lowest BCUT2D eigenvalue weighted by molar-refractivity contribution is 0.0966. The van der Waals surface area contributed by atoms with Crippen LogP contribution in [0.25, 0.3) is 0 Å². The zero-order valence-electron chi connectivity index (χ0n) is 16.4. The minimum absolute atomic E-state index is 0.132. The van der Waals surface area contributed by atoms with Crippen LogP contribution in [0.1, 0.15) is 52.4 Å². The summed E-state index contributed by atoms with van der Waals surface area (Å²) in [4.78, 5) is 29.5. The molecule has 3 aromatic rings. The maximum atomic E-state index is 12.5. The van der Waals surface area contributed by atoms with Gasteiger partial charge >= 0.3 is 0 Å². The second-order valence-corrected chi connectivity index (χ2v) is 8.16. The van der Waals surface area contributed by atoms with Crippen LogP contribution in [0.3, 0.4) is 0 Å². The highest BCUT2D eigenvalue weighted by molar-refractivity contribution is 7.28. The molecule has 1 aromatic heterocycles. The standard InChI is InChI=1S/C21H21ClN3O3P/c1-4-13(14-6-5-10(3)28-14)24-17-18(20(29)19(17)26)25-16-9(2)7-12(22)11-8-23-21(27)15(11)16/h5-7,13,25H,4,8,29H2,1-3H3,(H,23,27)/t13-/m1/s1. The zero-order valence-corrected chi connectivity index (χ0v) is 18.3. The predicted molar refractivity (Wildman–Crippen MR) is 117 cm³/mol. The van der Waals surface area contributed by atoms with Crippen molar-refractivity contribution in [2.75, 3.05) is 5.32 Å². The lowest BCUT2D eigenvalue weighted by Crippen LogP contribution is -2.47. The van der Waals surface area contributed by atoms with Crippen LogP contribution < -0.4 is 26.7 Å². The lowest BCUT2D eigenvalue weighted by atomic mass is 10.0. The molecule has 6 nitrogen and oxygen atoms in total. The van der Waals surface area contributed by atoms with Crippen LogP contribution in [-0.4, -0.2) is 5.91 Å². The Kier molecular flexibility index (Phi) is 5.09. The number of nitrogens with one attached hydrogen (secondary N) is 2. The number of rotatable bonds is 5. The molecule has 1 amide bonds. The van der Waals surface area contributed by atoms with Gasteiger partial charge in [0.1, 0.15) is 22.9 Å². The number of fused-ring (bicyclic) bond motifs is 1. The summed E-state index contributed by atoms with van der Waals surface area (Å²) in [5.74, 6) is 1.35. The maximum Gasteiger partial charge on any atom is 0.254 e. The monoisotopic (exact) mass is 429 g/mol. The highest BCUT2D eigenvalue weighted by Gasteiger charge is 2.28. The average Bonchev–Trinajstić information content (AvgIpc) is 3.29. The summed E-state index contributed by atoms with van der Waals surface area (Å²) >= 11 is 6.31. The van der Waals surface area contributed by atoms with Crippen molar-refractivity contribution in [2.45, 2.75) is 39.8 Å². The molecule has 0 saturated carbocycles. The summed E-state index contributed by atoms with van der Waals surface area (Å²) in [5.41, 5.74) is 3.23. The van der Waals surface area contributed by atoms with E-state index in [1.165, 1.54) is 0 Å². The number of nitrogens with zero attached hydrogens (tertiary/aromatic N) is 1. The topological polar surface area (TPSA) is 83.7 Å². The first-order valence-electron chi connectivity index (χ1n) is 9.38. The number of carbonyl (C=O) groups is 1. The molecule has 4 rings (SSSR count). The van der Waals surface area contributed by atoms with Crippen LogP contribution in [-0.2, 0) is 6.54 Å². The van der Waals surface area contributed by atoms with Crippen molar-refractivity contribution < 1.29 is 9.21 Å². The van der Waals surface area contributed by atoms with Gasteiger partial charge in [-0.2, -0.15) is 0 Å². The van der Waals surface area contributed by atoms with Crippen LogP contribution >= 0.6 is 20.8 Å². The lowest BCUT2D eigenvalue weighted by Gasteiger charge is -2.18. The van der Waals surface area contributed by atoms with Crippen molar-refractivity contribution in [3.63, 3.8) is 0 Å². The molecule has 0 fully saturated rings. The van der Waals surface area contributed by atoms with E-state index in [-0.39, 0.29) is 17.4 Å². The van der Waals surface area contributed by atoms with Gasteiger partial charge in [0.15, 0.2) is 0 Å². The fourth-order valence-corrected chi connectivity index (χ4v) is 4.27. The summed E-state index contributed by atoms with van der Waals surface area (Å²) in [6.07, 6.45) is 0.695. The van der Waals surface area contributed by atoms with Gasteiger partial charge in [-0.25, -0.2) is 0 Å². The van der Waals surface area contributed by atoms with Crippen molar-refractivity contribution in [2.24, 2.45) is 4.99 Å². The van der Waals surface area contributed by atoms with Crippen LogP contribution in [0.4, 0.5) is 11.4 Å². The Balaban J connectivity index is 1.79. The van der Waals surface area contributed by atoms with Crippen molar-refractivity contribution >= 4 is 43.4 Å². The molecule has 1 aliphatic heterocycles. The Morgan fingerprint density at radius 3 is 2.72 bits per heavy atom. The van der Waals surface area contributed by atoms with Gasteiger partial charge in [-0.1, -0.05) is 27.8 Å². The third-order valence-electron chi connectivity index (χ3n) is 5.21. The van der Waals surface area contributed by atoms with Gasteiger partial charge in [-0.3, -0.25) is 14.6 Å². The number of halogens is 1. The second-order valence-electron chi connectivity index (χ2n) is 7.18. The van der Waals surface area contributed by atoms with E-state index >= 15 is 0 Å². The molecule has 0 bridgehead atoms. The van der Waals surface area contributed by atoms with Crippen LogP contribution in [0.15, 0.2) is 32.4 Å². The molecule has 2 atom stereocenters. The number of benzene rings is 1. The number of hydrogen-bond donors (Lipinski definition) is 2. The predicted octanol–water partition coefficient (Wildman–Crippen LogP) is 3.33. The van der Waals surface area contributed by atoms with E-state index in [2.05, 4.69) is 24.9 Å². The largest absolute Gasteiger partial charge is 0.464 e. The summed E-state index contributed by atoms with van der Waals surface area (Å²) in [5, 5.41) is 7.51. The normalized spacial score (nSPS) is 14.9. The molecule has 8 heteroatoms. The van der Waals surface area contributed by atoms with E-state index in [1.54, 1.807) is 0 Å². The quantitative estimate of drug-likeness (QED) is 0.609. The second kappa shape index (κ2) is 7.43. The molecule has 0 aliphatic carbocycles. The van der Waals surface area contributed by atoms with Crippen LogP contribution in [0, 0.1) is 13.8 Å². The SMILES string of the molecule is CC[C@@H](N=c1c(Nc2c(C)cc(Cl)c3c2C(=O)NC3)c(P)c1=O)c1ccc(C)o1. The Morgan fingerprint density at radius 1 is 1.31 bits per heavy atom. The number of anilines is 2. The Bertz CT molecular complexity index is 1220. The highest BCUT2D eigenvalue weighted by Crippen LogP contribution is 2.35. The minimum Gasteiger partial charge on any atom is -0.464 e. The van der Waals surface area contributed by atoms with E-state index in [1.807, 2.05) is 39.0 Å². The van der Waals surface area contributed by atoms with Gasteiger partial charge < -0.3 is 15.1 Å². The van der Waals surface area contributed by atoms with Gasteiger partial charge in [-0.15, -0.1) is 0 Å². The molecule has 0 spiro atoms. The van der Waals surface area contributed by atoms with E-state index in [0.717, 1.165) is 22.6 Å². The fraction of sp³-hybridized carbons (Fsp3) is 0.286. The molecule has 0 radical (unpaired) electrons. The first kappa shape index (κ1) is 19.9. The molecular weight excluding hydrogens is 409 g/mol. The molecule has 2 N–H and O–H groups in total. The molecule has 29 heavy (non-hydrogen) atoms. The van der Waals surface area contributed by atoms with Gasteiger partial charge in [-0.05, 0) is 44.0 Å². The van der Waals surface area contributed by atoms with Gasteiger partial charge in [0.2, 0.25) is 5.43 Å². The third-order valence-corrected chi connectivity index (χ3v) is 6.10. The van der Waals surface area contributed by atoms with Crippen molar-refractivity contribution in [3.8, 4) is 0 Å². The van der Waals surface area contributed by atoms with Gasteiger partial charge in [0, 0.05) is 22.4 Å². The fourth-order valence-electron chi connectivity index (χ4n) is 3.60. The zero-order chi connectivity index (χ0) is 20.9. The Morgan fingerprint density at radius 2 is 2.07 bits per heavy atom. The van der Waals surface area contributed by atoms with E-state index in [4.69, 9.17) is 16.0 Å². The number of carbonyl (C=O) groups excluding carboxylic acids is 1. The van der Waals surface area contributed by atoms with Crippen LogP contribution in [0.5, 0.6) is 0 Å². The van der Waals surface area contributed by atoms with E-state index < -0.39 is 0 Å². The smallest absolute Gasteiger partial charge is 0.254 e. The molecule has 150 valence electrons. The van der Waals surface area contributed by atoms with E-state index in [9.17, 15) is 9.59 Å². The van der Waals surface area contributed by atoms with Crippen molar-refractivity contribution in [1.29, 1.82) is 0 Å². The minimum atomic E-state index is -0.252. The molecule has 2 heterocycles. The Hall–Kier alpha value is -2.43. The molecule has 2 aromatic carbocycles. The summed E-state index contributed by atoms with van der Waals surface area (Å²) in [6.45, 7) is 6.14. The first-order valence-corrected chi connectivity index (χ1v) is 10.3. The third kappa shape index (κ3) is 3.30. The van der Waals surface area contributed by atoms with Crippen LogP contribution in [0.2, 0.25) is 5.02 Å².